The molecule has 1 aromatic rings. The van der Waals surface area contributed by atoms with Gasteiger partial charge < -0.3 is 11.1 Å². The van der Waals surface area contributed by atoms with Crippen molar-refractivity contribution in [2.24, 2.45) is 0 Å². The van der Waals surface area contributed by atoms with Crippen molar-refractivity contribution < 1.29 is 4.79 Å². The van der Waals surface area contributed by atoms with Crippen molar-refractivity contribution >= 4 is 23.2 Å². The van der Waals surface area contributed by atoms with E-state index in [1.54, 1.807) is 18.2 Å². The van der Waals surface area contributed by atoms with Crippen LogP contribution in [-0.4, -0.2) is 12.5 Å². The molecule has 0 bridgehead atoms. The molecular weight excluding hydrogens is 260 g/mol. The number of nitrogen functional groups attached to an aromatic ring is 1. The van der Waals surface area contributed by atoms with Gasteiger partial charge in [-0.15, -0.1) is 0 Å². The third-order valence-corrected chi connectivity index (χ3v) is 3.37. The average Bonchev–Trinajstić information content (AvgIpc) is 2.37. The van der Waals surface area contributed by atoms with Gasteiger partial charge in [-0.1, -0.05) is 50.6 Å². The Hall–Kier alpha value is -1.22. The fraction of sp³-hybridized carbons (Fsp3) is 0.533. The summed E-state index contributed by atoms with van der Waals surface area (Å²) in [5.41, 5.74) is 6.65. The van der Waals surface area contributed by atoms with Crippen molar-refractivity contribution in [3.63, 3.8) is 0 Å². The number of amides is 1. The van der Waals surface area contributed by atoms with Crippen molar-refractivity contribution in [3.05, 3.63) is 28.8 Å². The zero-order valence-corrected chi connectivity index (χ0v) is 12.3. The lowest BCUT2D eigenvalue weighted by Gasteiger charge is -2.07. The molecule has 106 valence electrons. The summed E-state index contributed by atoms with van der Waals surface area (Å²) in [6.45, 7) is 2.91. The highest BCUT2D eigenvalue weighted by atomic mass is 35.5. The minimum atomic E-state index is -0.126. The quantitative estimate of drug-likeness (QED) is 0.559. The largest absolute Gasteiger partial charge is 0.399 e. The van der Waals surface area contributed by atoms with Crippen LogP contribution in [0.2, 0.25) is 5.02 Å². The minimum Gasteiger partial charge on any atom is -0.399 e. The molecule has 1 aromatic carbocycles. The van der Waals surface area contributed by atoms with Gasteiger partial charge in [0, 0.05) is 12.2 Å². The minimum absolute atomic E-state index is 0.126. The van der Waals surface area contributed by atoms with Crippen molar-refractivity contribution in [3.8, 4) is 0 Å². The van der Waals surface area contributed by atoms with Crippen LogP contribution in [0.4, 0.5) is 5.69 Å². The predicted octanol–water partition coefficient (Wildman–Crippen LogP) is 4.01. The number of halogens is 1. The van der Waals surface area contributed by atoms with Crippen molar-refractivity contribution in [2.45, 2.75) is 45.4 Å². The van der Waals surface area contributed by atoms with Crippen LogP contribution in [0.5, 0.6) is 0 Å². The number of nitrogens with one attached hydrogen (secondary N) is 1. The van der Waals surface area contributed by atoms with Crippen molar-refractivity contribution in [1.82, 2.24) is 5.32 Å². The first-order chi connectivity index (χ1) is 9.15. The molecular formula is C15H23ClN2O. The maximum atomic E-state index is 11.9. The number of unbranched alkanes of at least 4 members (excludes halogenated alkanes) is 5. The molecule has 4 heteroatoms. The molecule has 1 amide bonds. The van der Waals surface area contributed by atoms with Crippen molar-refractivity contribution in [2.75, 3.05) is 12.3 Å². The van der Waals surface area contributed by atoms with E-state index in [2.05, 4.69) is 12.2 Å². The van der Waals surface area contributed by atoms with E-state index in [0.717, 1.165) is 12.8 Å². The molecule has 3 nitrogen and oxygen atoms in total. The third kappa shape index (κ3) is 5.97. The molecule has 0 radical (unpaired) electrons. The SMILES string of the molecule is CCCCCCCCNC(=O)c1ccc(N)cc1Cl. The first-order valence-corrected chi connectivity index (χ1v) is 7.36. The number of nitrogens with two attached hydrogens (primary N) is 1. The molecule has 0 fully saturated rings. The van der Waals surface area contributed by atoms with Crippen LogP contribution in [0, 0.1) is 0 Å². The second-order valence-corrected chi connectivity index (χ2v) is 5.17. The van der Waals surface area contributed by atoms with Crippen LogP contribution in [0.1, 0.15) is 55.8 Å². The van der Waals surface area contributed by atoms with Crippen molar-refractivity contribution in [1.29, 1.82) is 0 Å². The molecule has 0 aliphatic carbocycles. The lowest BCUT2D eigenvalue weighted by molar-refractivity contribution is 0.0953. The summed E-state index contributed by atoms with van der Waals surface area (Å²) < 4.78 is 0. The Kier molecular flexibility index (Phi) is 7.34. The summed E-state index contributed by atoms with van der Waals surface area (Å²) in [5.74, 6) is -0.126. The van der Waals surface area contributed by atoms with Gasteiger partial charge in [0.2, 0.25) is 0 Å². The average molecular weight is 283 g/mol. The molecule has 0 heterocycles. The van der Waals surface area contributed by atoms with Crippen LogP contribution < -0.4 is 11.1 Å². The summed E-state index contributed by atoms with van der Waals surface area (Å²) in [4.78, 5) is 11.9. The number of rotatable bonds is 8. The van der Waals surface area contributed by atoms with Crippen LogP contribution in [0.25, 0.3) is 0 Å². The van der Waals surface area contributed by atoms with E-state index in [9.17, 15) is 4.79 Å². The van der Waals surface area contributed by atoms with E-state index in [-0.39, 0.29) is 5.91 Å². The van der Waals surface area contributed by atoms with E-state index in [4.69, 9.17) is 17.3 Å². The second-order valence-electron chi connectivity index (χ2n) is 4.76. The summed E-state index contributed by atoms with van der Waals surface area (Å²) in [6.07, 6.45) is 7.26. The molecule has 0 spiro atoms. The number of hydrogen-bond donors (Lipinski definition) is 2. The molecule has 19 heavy (non-hydrogen) atoms. The Morgan fingerprint density at radius 2 is 1.89 bits per heavy atom. The molecule has 0 aliphatic rings. The normalized spacial score (nSPS) is 10.4. The maximum absolute atomic E-state index is 11.9. The fourth-order valence-electron chi connectivity index (χ4n) is 1.92. The van der Waals surface area contributed by atoms with Gasteiger partial charge in [-0.2, -0.15) is 0 Å². The van der Waals surface area contributed by atoms with Gasteiger partial charge in [0.25, 0.3) is 5.91 Å². The van der Waals surface area contributed by atoms with Gasteiger partial charge in [-0.25, -0.2) is 0 Å². The zero-order valence-electron chi connectivity index (χ0n) is 11.5. The van der Waals surface area contributed by atoms with Crippen LogP contribution in [0.15, 0.2) is 18.2 Å². The first kappa shape index (κ1) is 15.8. The smallest absolute Gasteiger partial charge is 0.252 e. The molecule has 0 saturated heterocycles. The zero-order chi connectivity index (χ0) is 14.1. The molecule has 1 rings (SSSR count). The molecule has 0 aliphatic heterocycles. The highest BCUT2D eigenvalue weighted by Gasteiger charge is 2.09. The predicted molar refractivity (Wildman–Crippen MR) is 81.6 cm³/mol. The molecule has 0 aromatic heterocycles. The number of hydrogen-bond acceptors (Lipinski definition) is 2. The van der Waals surface area contributed by atoms with E-state index in [1.165, 1.54) is 25.7 Å². The topological polar surface area (TPSA) is 55.1 Å². The molecule has 0 saturated carbocycles. The monoisotopic (exact) mass is 282 g/mol. The Bertz CT molecular complexity index is 407. The number of carbonyl (C=O) groups excluding carboxylic acids is 1. The Morgan fingerprint density at radius 3 is 2.58 bits per heavy atom. The van der Waals surface area contributed by atoms with Gasteiger partial charge in [0.15, 0.2) is 0 Å². The molecule has 0 unspecified atom stereocenters. The van der Waals surface area contributed by atoms with Gasteiger partial charge in [0.1, 0.15) is 0 Å². The van der Waals surface area contributed by atoms with E-state index < -0.39 is 0 Å². The van der Waals surface area contributed by atoms with E-state index in [1.807, 2.05) is 0 Å². The van der Waals surface area contributed by atoms with E-state index in [0.29, 0.717) is 22.8 Å². The van der Waals surface area contributed by atoms with Gasteiger partial charge in [-0.3, -0.25) is 4.79 Å². The van der Waals surface area contributed by atoms with Crippen LogP contribution >= 0.6 is 11.6 Å². The molecule has 3 N–H and O–H groups in total. The highest BCUT2D eigenvalue weighted by Crippen LogP contribution is 2.18. The fourth-order valence-corrected chi connectivity index (χ4v) is 2.19. The van der Waals surface area contributed by atoms with Crippen LogP contribution in [0.3, 0.4) is 0 Å². The maximum Gasteiger partial charge on any atom is 0.252 e. The number of anilines is 1. The first-order valence-electron chi connectivity index (χ1n) is 6.98. The second kappa shape index (κ2) is 8.81. The van der Waals surface area contributed by atoms with Gasteiger partial charge >= 0.3 is 0 Å². The van der Waals surface area contributed by atoms with Crippen LogP contribution in [-0.2, 0) is 0 Å². The summed E-state index contributed by atoms with van der Waals surface area (Å²) in [7, 11) is 0. The van der Waals surface area contributed by atoms with E-state index >= 15 is 0 Å². The summed E-state index contributed by atoms with van der Waals surface area (Å²) in [6, 6.07) is 4.95. The Balaban J connectivity index is 2.24. The third-order valence-electron chi connectivity index (χ3n) is 3.05. The number of benzene rings is 1. The Morgan fingerprint density at radius 1 is 1.21 bits per heavy atom. The number of carbonyl (C=O) groups is 1. The Labute approximate surface area is 120 Å². The summed E-state index contributed by atoms with van der Waals surface area (Å²) >= 11 is 5.98. The molecule has 0 atom stereocenters. The summed E-state index contributed by atoms with van der Waals surface area (Å²) in [5, 5.41) is 3.29. The standard InChI is InChI=1S/C15H23ClN2O/c1-2-3-4-5-6-7-10-18-15(19)13-9-8-12(17)11-14(13)16/h8-9,11H,2-7,10,17H2,1H3,(H,18,19). The van der Waals surface area contributed by atoms with Gasteiger partial charge in [-0.05, 0) is 24.6 Å². The van der Waals surface area contributed by atoms with Gasteiger partial charge in [0.05, 0.1) is 10.6 Å². The lowest BCUT2D eigenvalue weighted by Crippen LogP contribution is -2.24. The lowest BCUT2D eigenvalue weighted by atomic mass is 10.1. The highest BCUT2D eigenvalue weighted by molar-refractivity contribution is 6.34.